The van der Waals surface area contributed by atoms with Crippen LogP contribution < -0.4 is 4.90 Å². The van der Waals surface area contributed by atoms with Crippen LogP contribution in [0.3, 0.4) is 0 Å². The Bertz CT molecular complexity index is 611. The van der Waals surface area contributed by atoms with Crippen LogP contribution in [0.5, 0.6) is 0 Å². The van der Waals surface area contributed by atoms with Crippen LogP contribution in [0.15, 0.2) is 42.5 Å². The second-order valence-electron chi connectivity index (χ2n) is 6.51. The minimum atomic E-state index is 0.0886. The molecule has 0 unspecified atom stereocenters. The quantitative estimate of drug-likeness (QED) is 0.757. The first-order chi connectivity index (χ1) is 9.55. The van der Waals surface area contributed by atoms with Crippen LogP contribution in [-0.2, 0) is 11.8 Å². The number of benzene rings is 1. The third-order valence-corrected chi connectivity index (χ3v) is 3.89. The fraction of sp³-hybridized carbons (Fsp3) is 0.389. The lowest BCUT2D eigenvalue weighted by atomic mass is 9.91. The highest BCUT2D eigenvalue weighted by molar-refractivity contribution is 5.65. The van der Waals surface area contributed by atoms with Crippen molar-refractivity contribution in [3.63, 3.8) is 0 Å². The first kappa shape index (κ1) is 13.2. The summed E-state index contributed by atoms with van der Waals surface area (Å²) < 4.78 is 0. The van der Waals surface area contributed by atoms with Gasteiger partial charge in [0.2, 0.25) is 0 Å². The van der Waals surface area contributed by atoms with Crippen molar-refractivity contribution < 1.29 is 0 Å². The highest BCUT2D eigenvalue weighted by atomic mass is 15.2. The number of aryl methyl sites for hydroxylation is 1. The second-order valence-corrected chi connectivity index (χ2v) is 6.51. The van der Waals surface area contributed by atoms with Gasteiger partial charge in [0.15, 0.2) is 0 Å². The van der Waals surface area contributed by atoms with Crippen LogP contribution in [0.2, 0.25) is 0 Å². The zero-order valence-corrected chi connectivity index (χ0v) is 12.6. The number of anilines is 2. The monoisotopic (exact) mass is 266 g/mol. The summed E-state index contributed by atoms with van der Waals surface area (Å²) in [7, 11) is 0. The van der Waals surface area contributed by atoms with E-state index >= 15 is 0 Å². The average molecular weight is 266 g/mol. The van der Waals surface area contributed by atoms with Crippen LogP contribution in [0.25, 0.3) is 0 Å². The molecule has 0 radical (unpaired) electrons. The maximum Gasteiger partial charge on any atom is 0.133 e. The normalized spacial score (nSPS) is 15.1. The molecule has 1 aromatic heterocycles. The SMILES string of the molecule is CC(C)(C)c1cccc(N2CCCc3ccccc32)n1. The molecule has 2 aromatic rings. The van der Waals surface area contributed by atoms with Gasteiger partial charge in [-0.25, -0.2) is 4.98 Å². The van der Waals surface area contributed by atoms with E-state index in [1.54, 1.807) is 0 Å². The molecule has 0 atom stereocenters. The van der Waals surface area contributed by atoms with E-state index in [2.05, 4.69) is 68.1 Å². The summed E-state index contributed by atoms with van der Waals surface area (Å²) in [5, 5.41) is 0. The molecule has 2 heteroatoms. The minimum Gasteiger partial charge on any atom is -0.326 e. The fourth-order valence-electron chi connectivity index (χ4n) is 2.76. The number of nitrogens with zero attached hydrogens (tertiary/aromatic N) is 2. The molecule has 104 valence electrons. The van der Waals surface area contributed by atoms with Crippen molar-refractivity contribution in [3.8, 4) is 0 Å². The lowest BCUT2D eigenvalue weighted by Gasteiger charge is -2.31. The van der Waals surface area contributed by atoms with Gasteiger partial charge in [0.05, 0.1) is 0 Å². The molecule has 2 nitrogen and oxygen atoms in total. The zero-order valence-electron chi connectivity index (χ0n) is 12.6. The molecule has 1 aliphatic heterocycles. The van der Waals surface area contributed by atoms with E-state index in [-0.39, 0.29) is 5.41 Å². The van der Waals surface area contributed by atoms with Crippen LogP contribution >= 0.6 is 0 Å². The average Bonchev–Trinajstić information content (AvgIpc) is 2.46. The molecule has 0 amide bonds. The molecule has 0 aliphatic carbocycles. The van der Waals surface area contributed by atoms with E-state index in [0.29, 0.717) is 0 Å². The van der Waals surface area contributed by atoms with Crippen molar-refractivity contribution in [2.24, 2.45) is 0 Å². The van der Waals surface area contributed by atoms with Gasteiger partial charge in [-0.3, -0.25) is 0 Å². The van der Waals surface area contributed by atoms with Crippen LogP contribution in [0.4, 0.5) is 11.5 Å². The molecule has 0 spiro atoms. The van der Waals surface area contributed by atoms with Crippen LogP contribution in [0, 0.1) is 0 Å². The third-order valence-electron chi connectivity index (χ3n) is 3.89. The number of fused-ring (bicyclic) bond motifs is 1. The van der Waals surface area contributed by atoms with E-state index < -0.39 is 0 Å². The van der Waals surface area contributed by atoms with Crippen LogP contribution in [-0.4, -0.2) is 11.5 Å². The van der Waals surface area contributed by atoms with Gasteiger partial charge in [-0.2, -0.15) is 0 Å². The smallest absolute Gasteiger partial charge is 0.133 e. The molecule has 0 N–H and O–H groups in total. The molecule has 0 saturated heterocycles. The number of pyridine rings is 1. The van der Waals surface area contributed by atoms with Crippen molar-refractivity contribution >= 4 is 11.5 Å². The van der Waals surface area contributed by atoms with Crippen molar-refractivity contribution in [2.45, 2.75) is 39.0 Å². The molecular formula is C18H22N2. The molecule has 1 aliphatic rings. The van der Waals surface area contributed by atoms with E-state index in [1.165, 1.54) is 24.1 Å². The Hall–Kier alpha value is -1.83. The van der Waals surface area contributed by atoms with Crippen LogP contribution in [0.1, 0.15) is 38.4 Å². The van der Waals surface area contributed by atoms with Gasteiger partial charge in [-0.05, 0) is 36.6 Å². The van der Waals surface area contributed by atoms with Crippen molar-refractivity contribution in [2.75, 3.05) is 11.4 Å². The van der Waals surface area contributed by atoms with Crippen molar-refractivity contribution in [1.82, 2.24) is 4.98 Å². The summed E-state index contributed by atoms with van der Waals surface area (Å²) in [6, 6.07) is 15.1. The van der Waals surface area contributed by atoms with E-state index in [9.17, 15) is 0 Å². The Morgan fingerprint density at radius 1 is 1.00 bits per heavy atom. The molecule has 0 fully saturated rings. The molecule has 1 aromatic carbocycles. The summed E-state index contributed by atoms with van der Waals surface area (Å²) in [5.41, 5.74) is 3.99. The maximum atomic E-state index is 4.89. The molecular weight excluding hydrogens is 244 g/mol. The van der Waals surface area contributed by atoms with Gasteiger partial charge in [0.1, 0.15) is 5.82 Å². The number of para-hydroxylation sites is 1. The Morgan fingerprint density at radius 2 is 1.80 bits per heavy atom. The zero-order chi connectivity index (χ0) is 14.2. The van der Waals surface area contributed by atoms with E-state index in [0.717, 1.165) is 18.1 Å². The summed E-state index contributed by atoms with van der Waals surface area (Å²) in [6.45, 7) is 7.69. The molecule has 3 rings (SSSR count). The van der Waals surface area contributed by atoms with Gasteiger partial charge in [0.25, 0.3) is 0 Å². The number of hydrogen-bond donors (Lipinski definition) is 0. The van der Waals surface area contributed by atoms with Crippen molar-refractivity contribution in [3.05, 3.63) is 53.7 Å². The Balaban J connectivity index is 2.03. The predicted octanol–water partition coefficient (Wildman–Crippen LogP) is 4.46. The van der Waals surface area contributed by atoms with E-state index in [4.69, 9.17) is 4.98 Å². The lowest BCUT2D eigenvalue weighted by Crippen LogP contribution is -2.26. The summed E-state index contributed by atoms with van der Waals surface area (Å²) >= 11 is 0. The molecule has 20 heavy (non-hydrogen) atoms. The largest absolute Gasteiger partial charge is 0.326 e. The van der Waals surface area contributed by atoms with Crippen molar-refractivity contribution in [1.29, 1.82) is 0 Å². The summed E-state index contributed by atoms with van der Waals surface area (Å²) in [5.74, 6) is 1.07. The maximum absolute atomic E-state index is 4.89. The lowest BCUT2D eigenvalue weighted by molar-refractivity contribution is 0.568. The topological polar surface area (TPSA) is 16.1 Å². The number of rotatable bonds is 1. The summed E-state index contributed by atoms with van der Waals surface area (Å²) in [4.78, 5) is 7.25. The predicted molar refractivity (Wildman–Crippen MR) is 84.7 cm³/mol. The van der Waals surface area contributed by atoms with Gasteiger partial charge in [-0.15, -0.1) is 0 Å². The number of aromatic nitrogens is 1. The van der Waals surface area contributed by atoms with E-state index in [1.807, 2.05) is 0 Å². The van der Waals surface area contributed by atoms with Gasteiger partial charge >= 0.3 is 0 Å². The van der Waals surface area contributed by atoms with Gasteiger partial charge < -0.3 is 4.90 Å². The second kappa shape index (κ2) is 4.93. The first-order valence-corrected chi connectivity index (χ1v) is 7.39. The first-order valence-electron chi connectivity index (χ1n) is 7.39. The van der Waals surface area contributed by atoms with Gasteiger partial charge in [-0.1, -0.05) is 45.0 Å². The Kier molecular flexibility index (Phi) is 3.25. The fourth-order valence-corrected chi connectivity index (χ4v) is 2.76. The van der Waals surface area contributed by atoms with Gasteiger partial charge in [0, 0.05) is 23.3 Å². The molecule has 0 saturated carbocycles. The Labute approximate surface area is 121 Å². The minimum absolute atomic E-state index is 0.0886. The summed E-state index contributed by atoms with van der Waals surface area (Å²) in [6.07, 6.45) is 2.37. The molecule has 2 heterocycles. The highest BCUT2D eigenvalue weighted by Gasteiger charge is 2.21. The third kappa shape index (κ3) is 2.43. The number of hydrogen-bond acceptors (Lipinski definition) is 2. The standard InChI is InChI=1S/C18H22N2/c1-18(2,3)16-11-6-12-17(19-16)20-13-7-9-14-8-4-5-10-15(14)20/h4-6,8,10-12H,7,9,13H2,1-3H3. The highest BCUT2D eigenvalue weighted by Crippen LogP contribution is 2.33. The molecule has 0 bridgehead atoms. The Morgan fingerprint density at radius 3 is 2.60 bits per heavy atom.